The van der Waals surface area contributed by atoms with Crippen molar-refractivity contribution in [3.63, 3.8) is 0 Å². The maximum absolute atomic E-state index is 8.89. The van der Waals surface area contributed by atoms with Crippen LogP contribution in [-0.2, 0) is 0 Å². The minimum Gasteiger partial charge on any atom is -0.396 e. The van der Waals surface area contributed by atoms with Gasteiger partial charge >= 0.3 is 0 Å². The second kappa shape index (κ2) is 4.90. The van der Waals surface area contributed by atoms with Crippen LogP contribution in [-0.4, -0.2) is 28.2 Å². The van der Waals surface area contributed by atoms with E-state index < -0.39 is 0 Å². The lowest BCUT2D eigenvalue weighted by Crippen LogP contribution is -2.31. The van der Waals surface area contributed by atoms with Gasteiger partial charge in [-0.2, -0.15) is 5.26 Å². The van der Waals surface area contributed by atoms with E-state index in [9.17, 15) is 0 Å². The summed E-state index contributed by atoms with van der Waals surface area (Å²) in [5.74, 6) is 1.59. The summed E-state index contributed by atoms with van der Waals surface area (Å²) in [4.78, 5) is 8.00. The zero-order chi connectivity index (χ0) is 11.4. The van der Waals surface area contributed by atoms with E-state index in [0.29, 0.717) is 23.3 Å². The van der Waals surface area contributed by atoms with E-state index in [0.717, 1.165) is 19.4 Å². The first-order valence-electron chi connectivity index (χ1n) is 5.39. The normalized spacial score (nSPS) is 23.2. The third kappa shape index (κ3) is 2.28. The molecule has 1 saturated carbocycles. The van der Waals surface area contributed by atoms with Gasteiger partial charge in [-0.25, -0.2) is 9.97 Å². The van der Waals surface area contributed by atoms with Crippen molar-refractivity contribution < 1.29 is 5.11 Å². The van der Waals surface area contributed by atoms with Gasteiger partial charge in [0.15, 0.2) is 11.5 Å². The minimum absolute atomic E-state index is 0.283. The number of aliphatic hydroxyl groups excluding tert-OH is 1. The van der Waals surface area contributed by atoms with Crippen LogP contribution in [0, 0.1) is 23.2 Å². The van der Waals surface area contributed by atoms with Gasteiger partial charge in [-0.1, -0.05) is 0 Å². The Morgan fingerprint density at radius 1 is 1.38 bits per heavy atom. The molecule has 5 heteroatoms. The van der Waals surface area contributed by atoms with Crippen LogP contribution in [0.4, 0.5) is 5.82 Å². The number of aliphatic hydroxyl groups is 1. The van der Waals surface area contributed by atoms with Crippen molar-refractivity contribution in [1.82, 2.24) is 9.97 Å². The Morgan fingerprint density at radius 2 is 2.12 bits per heavy atom. The molecule has 0 saturated heterocycles. The maximum atomic E-state index is 8.89. The fourth-order valence-corrected chi connectivity index (χ4v) is 1.98. The Kier molecular flexibility index (Phi) is 3.32. The number of nitrogens with one attached hydrogen (secondary N) is 1. The van der Waals surface area contributed by atoms with Crippen LogP contribution in [0.25, 0.3) is 0 Å². The van der Waals surface area contributed by atoms with Crippen molar-refractivity contribution in [2.75, 3.05) is 18.5 Å². The first kappa shape index (κ1) is 10.8. The third-order valence-corrected chi connectivity index (χ3v) is 2.95. The van der Waals surface area contributed by atoms with E-state index in [2.05, 4.69) is 15.3 Å². The van der Waals surface area contributed by atoms with Crippen LogP contribution in [0.2, 0.25) is 0 Å². The Bertz CT molecular complexity index is 395. The highest BCUT2D eigenvalue weighted by Crippen LogP contribution is 2.33. The zero-order valence-electron chi connectivity index (χ0n) is 8.93. The van der Waals surface area contributed by atoms with Crippen LogP contribution in [0.15, 0.2) is 12.4 Å². The van der Waals surface area contributed by atoms with E-state index >= 15 is 0 Å². The largest absolute Gasteiger partial charge is 0.396 e. The molecule has 0 aliphatic heterocycles. The van der Waals surface area contributed by atoms with Crippen LogP contribution in [0.3, 0.4) is 0 Å². The molecule has 1 aromatic heterocycles. The topological polar surface area (TPSA) is 81.8 Å². The molecule has 1 heterocycles. The van der Waals surface area contributed by atoms with Crippen LogP contribution in [0.1, 0.15) is 18.5 Å². The molecule has 0 atom stereocenters. The summed E-state index contributed by atoms with van der Waals surface area (Å²) in [6.07, 6.45) is 5.17. The molecule has 84 valence electrons. The van der Waals surface area contributed by atoms with Gasteiger partial charge in [0.05, 0.1) is 0 Å². The third-order valence-electron chi connectivity index (χ3n) is 2.95. The first-order valence-corrected chi connectivity index (χ1v) is 5.39. The van der Waals surface area contributed by atoms with E-state index in [-0.39, 0.29) is 6.61 Å². The van der Waals surface area contributed by atoms with Gasteiger partial charge in [0.25, 0.3) is 0 Å². The second-order valence-electron chi connectivity index (χ2n) is 4.13. The van der Waals surface area contributed by atoms with Gasteiger partial charge in [-0.3, -0.25) is 0 Å². The van der Waals surface area contributed by atoms with Gasteiger partial charge < -0.3 is 10.4 Å². The smallest absolute Gasteiger partial charge is 0.182 e. The SMILES string of the molecule is N#Cc1nccnc1NCC1CC(CO)C1. The van der Waals surface area contributed by atoms with E-state index in [1.165, 1.54) is 6.20 Å². The Balaban J connectivity index is 1.84. The summed E-state index contributed by atoms with van der Waals surface area (Å²) in [7, 11) is 0. The Morgan fingerprint density at radius 3 is 2.81 bits per heavy atom. The van der Waals surface area contributed by atoms with Crippen LogP contribution in [0.5, 0.6) is 0 Å². The summed E-state index contributed by atoms with van der Waals surface area (Å²) in [5.41, 5.74) is 0.334. The number of aromatic nitrogens is 2. The Hall–Kier alpha value is -1.67. The lowest BCUT2D eigenvalue weighted by molar-refractivity contribution is 0.114. The number of hydrogen-bond donors (Lipinski definition) is 2. The molecule has 0 radical (unpaired) electrons. The molecule has 1 aromatic rings. The van der Waals surface area contributed by atoms with Gasteiger partial charge in [-0.05, 0) is 24.7 Å². The Labute approximate surface area is 94.2 Å². The number of nitriles is 1. The fraction of sp³-hybridized carbons (Fsp3) is 0.545. The molecule has 0 amide bonds. The summed E-state index contributed by atoms with van der Waals surface area (Å²) in [5, 5.41) is 20.8. The molecule has 1 aliphatic rings. The summed E-state index contributed by atoms with van der Waals surface area (Å²) >= 11 is 0. The lowest BCUT2D eigenvalue weighted by atomic mass is 9.75. The first-order chi connectivity index (χ1) is 7.83. The van der Waals surface area contributed by atoms with Gasteiger partial charge in [0.2, 0.25) is 0 Å². The minimum atomic E-state index is 0.283. The quantitative estimate of drug-likeness (QED) is 0.780. The molecule has 16 heavy (non-hydrogen) atoms. The number of rotatable bonds is 4. The van der Waals surface area contributed by atoms with Gasteiger partial charge in [-0.15, -0.1) is 0 Å². The van der Waals surface area contributed by atoms with Crippen molar-refractivity contribution in [3.05, 3.63) is 18.1 Å². The molecule has 5 nitrogen and oxygen atoms in total. The van der Waals surface area contributed by atoms with E-state index in [4.69, 9.17) is 10.4 Å². The summed E-state index contributed by atoms with van der Waals surface area (Å²) in [6.45, 7) is 1.08. The molecular weight excluding hydrogens is 204 g/mol. The van der Waals surface area contributed by atoms with Crippen molar-refractivity contribution in [3.8, 4) is 6.07 Å². The average Bonchev–Trinajstić information content (AvgIpc) is 2.28. The highest BCUT2D eigenvalue weighted by atomic mass is 16.3. The van der Waals surface area contributed by atoms with Crippen molar-refractivity contribution in [1.29, 1.82) is 5.26 Å². The summed E-state index contributed by atoms with van der Waals surface area (Å²) < 4.78 is 0. The zero-order valence-corrected chi connectivity index (χ0v) is 8.93. The van der Waals surface area contributed by atoms with Crippen molar-refractivity contribution in [2.45, 2.75) is 12.8 Å². The summed E-state index contributed by atoms with van der Waals surface area (Å²) in [6, 6.07) is 2.00. The highest BCUT2D eigenvalue weighted by Gasteiger charge is 2.28. The van der Waals surface area contributed by atoms with E-state index in [1.807, 2.05) is 6.07 Å². The lowest BCUT2D eigenvalue weighted by Gasteiger charge is -2.34. The monoisotopic (exact) mass is 218 g/mol. The standard InChI is InChI=1S/C11H14N4O/c12-5-10-11(14-2-1-13-10)15-6-8-3-9(4-8)7-16/h1-2,8-9,16H,3-4,6-7H2,(H,14,15). The molecule has 1 aliphatic carbocycles. The van der Waals surface area contributed by atoms with Crippen molar-refractivity contribution >= 4 is 5.82 Å². The molecule has 0 spiro atoms. The van der Waals surface area contributed by atoms with E-state index in [1.54, 1.807) is 6.20 Å². The number of hydrogen-bond acceptors (Lipinski definition) is 5. The molecule has 0 bridgehead atoms. The number of anilines is 1. The van der Waals surface area contributed by atoms with Crippen molar-refractivity contribution in [2.24, 2.45) is 11.8 Å². The number of nitrogens with zero attached hydrogens (tertiary/aromatic N) is 3. The molecule has 2 rings (SSSR count). The molecule has 0 aromatic carbocycles. The van der Waals surface area contributed by atoms with Gasteiger partial charge in [0.1, 0.15) is 6.07 Å². The van der Waals surface area contributed by atoms with Crippen LogP contribution >= 0.6 is 0 Å². The fourth-order valence-electron chi connectivity index (χ4n) is 1.98. The molecule has 1 fully saturated rings. The predicted octanol–water partition coefficient (Wildman–Crippen LogP) is 0.779. The average molecular weight is 218 g/mol. The highest BCUT2D eigenvalue weighted by molar-refractivity contribution is 5.46. The van der Waals surface area contributed by atoms with Gasteiger partial charge in [0, 0.05) is 25.5 Å². The molecule has 2 N–H and O–H groups in total. The molecular formula is C11H14N4O. The van der Waals surface area contributed by atoms with Crippen LogP contribution < -0.4 is 5.32 Å². The second-order valence-corrected chi connectivity index (χ2v) is 4.13. The predicted molar refractivity (Wildman–Crippen MR) is 58.5 cm³/mol. The molecule has 0 unspecified atom stereocenters. The maximum Gasteiger partial charge on any atom is 0.182 e.